The quantitative estimate of drug-likeness (QED) is 0.872. The zero-order valence-electron chi connectivity index (χ0n) is 15.5. The Bertz CT molecular complexity index is 593. The van der Waals surface area contributed by atoms with E-state index in [9.17, 15) is 9.59 Å². The van der Waals surface area contributed by atoms with E-state index in [1.54, 1.807) is 0 Å². The summed E-state index contributed by atoms with van der Waals surface area (Å²) in [6.07, 6.45) is 9.73. The highest BCUT2D eigenvalue weighted by molar-refractivity contribution is 5.83. The summed E-state index contributed by atoms with van der Waals surface area (Å²) in [6, 6.07) is 3.58. The van der Waals surface area contributed by atoms with Crippen LogP contribution in [0.2, 0.25) is 0 Å². The van der Waals surface area contributed by atoms with Crippen molar-refractivity contribution in [3.8, 4) is 0 Å². The van der Waals surface area contributed by atoms with E-state index in [1.165, 1.54) is 12.0 Å². The van der Waals surface area contributed by atoms with Crippen LogP contribution in [0.15, 0.2) is 24.5 Å². The SMILES string of the molecule is NC(CCC(=O)N1CCC(c2ccncc2)CC1)C(=O)N1CCCCC1. The minimum atomic E-state index is -0.550. The average molecular weight is 358 g/mol. The third kappa shape index (κ3) is 4.81. The molecule has 1 atom stereocenters. The molecule has 2 aliphatic heterocycles. The average Bonchev–Trinajstić information content (AvgIpc) is 2.72. The maximum Gasteiger partial charge on any atom is 0.239 e. The first-order chi connectivity index (χ1) is 12.6. The number of amides is 2. The third-order valence-electron chi connectivity index (χ3n) is 5.68. The molecule has 0 aliphatic carbocycles. The molecule has 0 radical (unpaired) electrons. The predicted molar refractivity (Wildman–Crippen MR) is 100 cm³/mol. The smallest absolute Gasteiger partial charge is 0.239 e. The van der Waals surface area contributed by atoms with Gasteiger partial charge in [0.05, 0.1) is 6.04 Å². The Morgan fingerprint density at radius 3 is 2.35 bits per heavy atom. The standard InChI is InChI=1S/C20H30N4O2/c21-18(20(26)24-12-2-1-3-13-24)4-5-19(25)23-14-8-17(9-15-23)16-6-10-22-11-7-16/h6-7,10-11,17-18H,1-5,8-9,12-15,21H2. The van der Waals surface area contributed by atoms with E-state index in [2.05, 4.69) is 17.1 Å². The molecule has 3 heterocycles. The lowest BCUT2D eigenvalue weighted by atomic mass is 9.90. The number of carbonyl (C=O) groups excluding carboxylic acids is 2. The Labute approximate surface area is 155 Å². The highest BCUT2D eigenvalue weighted by Crippen LogP contribution is 2.27. The van der Waals surface area contributed by atoms with Gasteiger partial charge in [0, 0.05) is 45.0 Å². The van der Waals surface area contributed by atoms with Crippen LogP contribution in [0.5, 0.6) is 0 Å². The molecule has 0 aromatic carbocycles. The van der Waals surface area contributed by atoms with Crippen LogP contribution < -0.4 is 5.73 Å². The summed E-state index contributed by atoms with van der Waals surface area (Å²) in [4.78, 5) is 32.7. The summed E-state index contributed by atoms with van der Waals surface area (Å²) in [6.45, 7) is 3.17. The second-order valence-electron chi connectivity index (χ2n) is 7.47. The topological polar surface area (TPSA) is 79.5 Å². The van der Waals surface area contributed by atoms with E-state index in [4.69, 9.17) is 5.73 Å². The van der Waals surface area contributed by atoms with Crippen LogP contribution in [0.3, 0.4) is 0 Å². The van der Waals surface area contributed by atoms with Crippen molar-refractivity contribution < 1.29 is 9.59 Å². The zero-order valence-corrected chi connectivity index (χ0v) is 15.5. The minimum absolute atomic E-state index is 0.00824. The first-order valence-corrected chi connectivity index (χ1v) is 9.87. The molecule has 2 fully saturated rings. The van der Waals surface area contributed by atoms with Gasteiger partial charge in [0.2, 0.25) is 11.8 Å². The van der Waals surface area contributed by atoms with Crippen molar-refractivity contribution in [2.75, 3.05) is 26.2 Å². The molecule has 0 saturated carbocycles. The fourth-order valence-corrected chi connectivity index (χ4v) is 4.01. The van der Waals surface area contributed by atoms with Gasteiger partial charge in [0.15, 0.2) is 0 Å². The van der Waals surface area contributed by atoms with Gasteiger partial charge in [0.25, 0.3) is 0 Å². The molecule has 6 nitrogen and oxygen atoms in total. The first-order valence-electron chi connectivity index (χ1n) is 9.87. The number of pyridine rings is 1. The third-order valence-corrected chi connectivity index (χ3v) is 5.68. The van der Waals surface area contributed by atoms with Crippen LogP contribution in [0.1, 0.15) is 56.4 Å². The van der Waals surface area contributed by atoms with E-state index in [0.29, 0.717) is 18.8 Å². The molecule has 0 spiro atoms. The van der Waals surface area contributed by atoms with Gasteiger partial charge in [-0.05, 0) is 62.1 Å². The van der Waals surface area contributed by atoms with Crippen molar-refractivity contribution in [3.63, 3.8) is 0 Å². The highest BCUT2D eigenvalue weighted by Gasteiger charge is 2.26. The number of likely N-dealkylation sites (tertiary alicyclic amines) is 2. The van der Waals surface area contributed by atoms with Crippen molar-refractivity contribution in [2.24, 2.45) is 5.73 Å². The normalized spacial score (nSPS) is 20.0. The fourth-order valence-electron chi connectivity index (χ4n) is 4.01. The van der Waals surface area contributed by atoms with Crippen LogP contribution >= 0.6 is 0 Å². The largest absolute Gasteiger partial charge is 0.343 e. The van der Waals surface area contributed by atoms with Gasteiger partial charge in [-0.15, -0.1) is 0 Å². The molecular formula is C20H30N4O2. The van der Waals surface area contributed by atoms with Gasteiger partial charge in [-0.1, -0.05) is 0 Å². The molecule has 2 aliphatic rings. The summed E-state index contributed by atoms with van der Waals surface area (Å²) >= 11 is 0. The molecule has 3 rings (SSSR count). The number of hydrogen-bond acceptors (Lipinski definition) is 4. The number of aromatic nitrogens is 1. The van der Waals surface area contributed by atoms with E-state index < -0.39 is 6.04 Å². The number of carbonyl (C=O) groups is 2. The van der Waals surface area contributed by atoms with E-state index >= 15 is 0 Å². The molecule has 2 saturated heterocycles. The Hall–Kier alpha value is -1.95. The summed E-state index contributed by atoms with van der Waals surface area (Å²) < 4.78 is 0. The molecule has 2 N–H and O–H groups in total. The molecule has 26 heavy (non-hydrogen) atoms. The number of hydrogen-bond donors (Lipinski definition) is 1. The Balaban J connectivity index is 1.40. The van der Waals surface area contributed by atoms with Crippen molar-refractivity contribution >= 4 is 11.8 Å². The van der Waals surface area contributed by atoms with Crippen molar-refractivity contribution in [1.29, 1.82) is 0 Å². The molecule has 0 bridgehead atoms. The second-order valence-corrected chi connectivity index (χ2v) is 7.47. The maximum absolute atomic E-state index is 12.5. The lowest BCUT2D eigenvalue weighted by Gasteiger charge is -2.33. The number of nitrogens with two attached hydrogens (primary N) is 1. The minimum Gasteiger partial charge on any atom is -0.343 e. The van der Waals surface area contributed by atoms with Gasteiger partial charge in [-0.2, -0.15) is 0 Å². The number of rotatable bonds is 5. The van der Waals surface area contributed by atoms with E-state index in [1.807, 2.05) is 22.2 Å². The van der Waals surface area contributed by atoms with Gasteiger partial charge in [-0.25, -0.2) is 0 Å². The summed E-state index contributed by atoms with van der Waals surface area (Å²) in [5.41, 5.74) is 7.36. The Kier molecular flexibility index (Phi) is 6.61. The molecule has 6 heteroatoms. The van der Waals surface area contributed by atoms with Crippen LogP contribution in [0.25, 0.3) is 0 Å². The summed E-state index contributed by atoms with van der Waals surface area (Å²) in [5, 5.41) is 0. The van der Waals surface area contributed by atoms with Crippen LogP contribution in [-0.4, -0.2) is 58.8 Å². The molecule has 1 aromatic rings. The highest BCUT2D eigenvalue weighted by atomic mass is 16.2. The molecule has 1 aromatic heterocycles. The van der Waals surface area contributed by atoms with Crippen LogP contribution in [-0.2, 0) is 9.59 Å². The Morgan fingerprint density at radius 2 is 1.69 bits per heavy atom. The monoisotopic (exact) mass is 358 g/mol. The van der Waals surface area contributed by atoms with Crippen molar-refractivity contribution in [3.05, 3.63) is 30.1 Å². The maximum atomic E-state index is 12.5. The summed E-state index contributed by atoms with van der Waals surface area (Å²) in [5.74, 6) is 0.638. The van der Waals surface area contributed by atoms with Gasteiger partial charge in [0.1, 0.15) is 0 Å². The lowest BCUT2D eigenvalue weighted by Crippen LogP contribution is -2.46. The molecule has 142 valence electrons. The lowest BCUT2D eigenvalue weighted by molar-refractivity contribution is -0.134. The van der Waals surface area contributed by atoms with Gasteiger partial charge >= 0.3 is 0 Å². The molecule has 2 amide bonds. The second kappa shape index (κ2) is 9.12. The first kappa shape index (κ1) is 18.8. The zero-order chi connectivity index (χ0) is 18.4. The Morgan fingerprint density at radius 1 is 1.04 bits per heavy atom. The van der Waals surface area contributed by atoms with E-state index in [-0.39, 0.29) is 11.8 Å². The van der Waals surface area contributed by atoms with Crippen molar-refractivity contribution in [2.45, 2.75) is 56.9 Å². The molecule has 1 unspecified atom stereocenters. The molecular weight excluding hydrogens is 328 g/mol. The predicted octanol–water partition coefficient (Wildman–Crippen LogP) is 1.91. The fraction of sp³-hybridized carbons (Fsp3) is 0.650. The number of piperidine rings is 2. The summed E-state index contributed by atoms with van der Waals surface area (Å²) in [7, 11) is 0. The van der Waals surface area contributed by atoms with E-state index in [0.717, 1.165) is 51.9 Å². The van der Waals surface area contributed by atoms with Crippen molar-refractivity contribution in [1.82, 2.24) is 14.8 Å². The number of nitrogens with zero attached hydrogens (tertiary/aromatic N) is 3. The van der Waals surface area contributed by atoms with Crippen LogP contribution in [0, 0.1) is 0 Å². The van der Waals surface area contributed by atoms with Gasteiger partial charge in [-0.3, -0.25) is 14.6 Å². The van der Waals surface area contributed by atoms with Crippen LogP contribution in [0.4, 0.5) is 0 Å². The van der Waals surface area contributed by atoms with Gasteiger partial charge < -0.3 is 15.5 Å².